The molecule has 0 aliphatic rings. The number of hydrogen-bond acceptors (Lipinski definition) is 4. The number of carbonyl (C=O) groups is 1. The van der Waals surface area contributed by atoms with Gasteiger partial charge in [-0.3, -0.25) is 10.1 Å². The van der Waals surface area contributed by atoms with Gasteiger partial charge in [-0.15, -0.1) is 0 Å². The van der Waals surface area contributed by atoms with Crippen LogP contribution in [0.5, 0.6) is 5.75 Å². The van der Waals surface area contributed by atoms with Crippen LogP contribution in [0.2, 0.25) is 5.02 Å². The van der Waals surface area contributed by atoms with Crippen LogP contribution in [0.4, 0.5) is 16.2 Å². The largest absolute Gasteiger partial charge is 0.495 e. The number of rotatable bonds is 5. The van der Waals surface area contributed by atoms with Gasteiger partial charge in [-0.05, 0) is 23.8 Å². The van der Waals surface area contributed by atoms with Crippen molar-refractivity contribution in [2.75, 3.05) is 12.4 Å². The van der Waals surface area contributed by atoms with E-state index in [-0.39, 0.29) is 17.9 Å². The Hall–Kier alpha value is -2.80. The summed E-state index contributed by atoms with van der Waals surface area (Å²) in [6.45, 7) is 0.267. The molecule has 8 heteroatoms. The fraction of sp³-hybridized carbons (Fsp3) is 0.133. The number of nitro groups is 1. The van der Waals surface area contributed by atoms with E-state index in [0.29, 0.717) is 10.8 Å². The summed E-state index contributed by atoms with van der Waals surface area (Å²) in [4.78, 5) is 22.2. The molecule has 7 nitrogen and oxygen atoms in total. The van der Waals surface area contributed by atoms with Gasteiger partial charge in [-0.25, -0.2) is 4.79 Å². The number of nitrogens with one attached hydrogen (secondary N) is 2. The lowest BCUT2D eigenvalue weighted by Gasteiger charge is -2.11. The number of hydrogen-bond donors (Lipinski definition) is 2. The summed E-state index contributed by atoms with van der Waals surface area (Å²) in [7, 11) is 1.41. The number of nitro benzene ring substituents is 1. The molecule has 0 saturated carbocycles. The molecule has 0 bridgehead atoms. The molecule has 0 unspecified atom stereocenters. The standard InChI is InChI=1S/C15H14ClN3O4/c1-23-14-6-5-12(19(21)22)8-13(14)18-15(20)17-9-10-3-2-4-11(16)7-10/h2-8H,9H2,1H3,(H2,17,18,20). The van der Waals surface area contributed by atoms with Gasteiger partial charge in [0.1, 0.15) is 5.75 Å². The number of carbonyl (C=O) groups excluding carboxylic acids is 1. The fourth-order valence-electron chi connectivity index (χ4n) is 1.90. The molecule has 2 aromatic carbocycles. The van der Waals surface area contributed by atoms with Crippen molar-refractivity contribution in [2.24, 2.45) is 0 Å². The Kier molecular flexibility index (Phi) is 5.37. The molecule has 0 radical (unpaired) electrons. The normalized spacial score (nSPS) is 10.0. The maximum absolute atomic E-state index is 11.9. The van der Waals surface area contributed by atoms with Gasteiger partial charge < -0.3 is 15.4 Å². The Morgan fingerprint density at radius 1 is 1.30 bits per heavy atom. The number of methoxy groups -OCH3 is 1. The number of halogens is 1. The quantitative estimate of drug-likeness (QED) is 0.645. The maximum atomic E-state index is 11.9. The van der Waals surface area contributed by atoms with Gasteiger partial charge in [-0.1, -0.05) is 23.7 Å². The van der Waals surface area contributed by atoms with Crippen LogP contribution in [-0.2, 0) is 6.54 Å². The Morgan fingerprint density at radius 3 is 2.74 bits per heavy atom. The zero-order valence-corrected chi connectivity index (χ0v) is 13.0. The summed E-state index contributed by atoms with van der Waals surface area (Å²) in [5.41, 5.74) is 0.903. The Morgan fingerprint density at radius 2 is 2.09 bits per heavy atom. The number of amides is 2. The van der Waals surface area contributed by atoms with Crippen LogP contribution < -0.4 is 15.4 Å². The number of ether oxygens (including phenoxy) is 1. The molecule has 0 fully saturated rings. The van der Waals surface area contributed by atoms with Gasteiger partial charge in [0.2, 0.25) is 0 Å². The van der Waals surface area contributed by atoms with E-state index in [0.717, 1.165) is 5.56 Å². The van der Waals surface area contributed by atoms with Crippen LogP contribution in [0.25, 0.3) is 0 Å². The highest BCUT2D eigenvalue weighted by Gasteiger charge is 2.13. The van der Waals surface area contributed by atoms with Crippen LogP contribution in [0.1, 0.15) is 5.56 Å². The average Bonchev–Trinajstić information content (AvgIpc) is 2.53. The highest BCUT2D eigenvalue weighted by atomic mass is 35.5. The van der Waals surface area contributed by atoms with Crippen molar-refractivity contribution in [3.8, 4) is 5.75 Å². The van der Waals surface area contributed by atoms with Crippen LogP contribution in [0, 0.1) is 10.1 Å². The smallest absolute Gasteiger partial charge is 0.319 e. The first kappa shape index (κ1) is 16.6. The third-order valence-electron chi connectivity index (χ3n) is 2.98. The minimum absolute atomic E-state index is 0.143. The number of urea groups is 1. The van der Waals surface area contributed by atoms with E-state index in [4.69, 9.17) is 16.3 Å². The molecule has 2 amide bonds. The molecule has 0 aromatic heterocycles. The molecule has 2 rings (SSSR count). The second-order valence-electron chi connectivity index (χ2n) is 4.58. The Balaban J connectivity index is 2.04. The van der Waals surface area contributed by atoms with E-state index < -0.39 is 11.0 Å². The molecular weight excluding hydrogens is 322 g/mol. The molecule has 2 aromatic rings. The molecule has 0 atom stereocenters. The van der Waals surface area contributed by atoms with Crippen molar-refractivity contribution in [2.45, 2.75) is 6.54 Å². The predicted molar refractivity (Wildman–Crippen MR) is 87.0 cm³/mol. The summed E-state index contributed by atoms with van der Waals surface area (Å²) in [5, 5.41) is 16.5. The van der Waals surface area contributed by atoms with Crippen molar-refractivity contribution in [3.05, 3.63) is 63.2 Å². The molecule has 0 aliphatic carbocycles. The molecule has 2 N–H and O–H groups in total. The van der Waals surface area contributed by atoms with Crippen molar-refractivity contribution in [1.82, 2.24) is 5.32 Å². The van der Waals surface area contributed by atoms with Crippen molar-refractivity contribution >= 4 is 29.0 Å². The molecule has 0 aliphatic heterocycles. The molecular formula is C15H14ClN3O4. The maximum Gasteiger partial charge on any atom is 0.319 e. The molecule has 0 heterocycles. The van der Waals surface area contributed by atoms with Crippen molar-refractivity contribution in [3.63, 3.8) is 0 Å². The average molecular weight is 336 g/mol. The monoisotopic (exact) mass is 335 g/mol. The third-order valence-corrected chi connectivity index (χ3v) is 3.22. The molecule has 0 saturated heterocycles. The van der Waals surface area contributed by atoms with Gasteiger partial charge >= 0.3 is 6.03 Å². The fourth-order valence-corrected chi connectivity index (χ4v) is 2.12. The lowest BCUT2D eigenvalue weighted by atomic mass is 10.2. The number of nitrogens with zero attached hydrogens (tertiary/aromatic N) is 1. The van der Waals surface area contributed by atoms with E-state index >= 15 is 0 Å². The SMILES string of the molecule is COc1ccc([N+](=O)[O-])cc1NC(=O)NCc1cccc(Cl)c1. The van der Waals surface area contributed by atoms with Crippen molar-refractivity contribution < 1.29 is 14.5 Å². The van der Waals surface area contributed by atoms with E-state index in [9.17, 15) is 14.9 Å². The second kappa shape index (κ2) is 7.46. The first-order valence-electron chi connectivity index (χ1n) is 6.61. The molecule has 23 heavy (non-hydrogen) atoms. The van der Waals surface area contributed by atoms with Crippen LogP contribution in [0.15, 0.2) is 42.5 Å². The van der Waals surface area contributed by atoms with Gasteiger partial charge in [0, 0.05) is 23.7 Å². The van der Waals surface area contributed by atoms with E-state index in [1.807, 2.05) is 6.07 Å². The zero-order chi connectivity index (χ0) is 16.8. The van der Waals surface area contributed by atoms with E-state index in [1.54, 1.807) is 18.2 Å². The van der Waals surface area contributed by atoms with Gasteiger partial charge in [0.05, 0.1) is 17.7 Å². The van der Waals surface area contributed by atoms with Gasteiger partial charge in [0.15, 0.2) is 0 Å². The number of benzene rings is 2. The summed E-state index contributed by atoms with van der Waals surface area (Å²) in [6, 6.07) is 10.5. The second-order valence-corrected chi connectivity index (χ2v) is 5.02. The summed E-state index contributed by atoms with van der Waals surface area (Å²) >= 11 is 5.87. The first-order valence-corrected chi connectivity index (χ1v) is 6.99. The third kappa shape index (κ3) is 4.58. The molecule has 120 valence electrons. The van der Waals surface area contributed by atoms with Crippen molar-refractivity contribution in [1.29, 1.82) is 0 Å². The number of non-ortho nitro benzene ring substituents is 1. The zero-order valence-electron chi connectivity index (χ0n) is 12.2. The Bertz CT molecular complexity index is 736. The van der Waals surface area contributed by atoms with Crippen LogP contribution >= 0.6 is 11.6 Å². The highest BCUT2D eigenvalue weighted by molar-refractivity contribution is 6.30. The van der Waals surface area contributed by atoms with E-state index in [2.05, 4.69) is 10.6 Å². The number of anilines is 1. The van der Waals surface area contributed by atoms with Gasteiger partial charge in [-0.2, -0.15) is 0 Å². The minimum Gasteiger partial charge on any atom is -0.495 e. The Labute approximate surface area is 137 Å². The summed E-state index contributed by atoms with van der Waals surface area (Å²) in [5.74, 6) is 0.327. The van der Waals surface area contributed by atoms with Gasteiger partial charge in [0.25, 0.3) is 5.69 Å². The summed E-state index contributed by atoms with van der Waals surface area (Å²) in [6.07, 6.45) is 0. The highest BCUT2D eigenvalue weighted by Crippen LogP contribution is 2.28. The lowest BCUT2D eigenvalue weighted by molar-refractivity contribution is -0.384. The molecule has 0 spiro atoms. The first-order chi connectivity index (χ1) is 11.0. The predicted octanol–water partition coefficient (Wildman–Crippen LogP) is 3.58. The lowest BCUT2D eigenvalue weighted by Crippen LogP contribution is -2.28. The van der Waals surface area contributed by atoms with Crippen LogP contribution in [-0.4, -0.2) is 18.1 Å². The van der Waals surface area contributed by atoms with Crippen LogP contribution in [0.3, 0.4) is 0 Å². The van der Waals surface area contributed by atoms with E-state index in [1.165, 1.54) is 25.3 Å². The summed E-state index contributed by atoms with van der Waals surface area (Å²) < 4.78 is 5.08. The topological polar surface area (TPSA) is 93.5 Å². The minimum atomic E-state index is -0.547.